The molecule has 1 saturated heterocycles. The fourth-order valence-electron chi connectivity index (χ4n) is 2.56. The molecule has 2 rings (SSSR count). The first-order valence-electron chi connectivity index (χ1n) is 8.67. The van der Waals surface area contributed by atoms with Gasteiger partial charge in [0.1, 0.15) is 5.75 Å². The van der Waals surface area contributed by atoms with Crippen LogP contribution in [-0.4, -0.2) is 63.4 Å². The summed E-state index contributed by atoms with van der Waals surface area (Å²) in [6.07, 6.45) is 0.183. The Labute approximate surface area is 168 Å². The summed E-state index contributed by atoms with van der Waals surface area (Å²) in [7, 11) is 1.79. The molecule has 0 atom stereocenters. The van der Waals surface area contributed by atoms with Gasteiger partial charge in [0.05, 0.1) is 19.3 Å². The van der Waals surface area contributed by atoms with Gasteiger partial charge in [0, 0.05) is 39.8 Å². The molecule has 0 unspecified atom stereocenters. The Morgan fingerprint density at radius 3 is 2.72 bits per heavy atom. The molecule has 1 aromatic rings. The van der Waals surface area contributed by atoms with Crippen molar-refractivity contribution in [3.63, 3.8) is 0 Å². The molecule has 7 heteroatoms. The number of hydrogen-bond acceptors (Lipinski definition) is 4. The number of halogens is 1. The average molecular weight is 462 g/mol. The topological polar surface area (TPSA) is 58.1 Å². The SMILES string of the molecule is CN=C(NCCN1CCOCC1)NCc1cccc(OC(C)C)c1.I. The smallest absolute Gasteiger partial charge is 0.191 e. The van der Waals surface area contributed by atoms with Crippen molar-refractivity contribution in [2.75, 3.05) is 46.4 Å². The zero-order chi connectivity index (χ0) is 17.2. The third kappa shape index (κ3) is 8.73. The van der Waals surface area contributed by atoms with E-state index >= 15 is 0 Å². The molecule has 142 valence electrons. The van der Waals surface area contributed by atoms with Crippen LogP contribution in [0.15, 0.2) is 29.3 Å². The van der Waals surface area contributed by atoms with Crippen LogP contribution in [-0.2, 0) is 11.3 Å². The van der Waals surface area contributed by atoms with E-state index in [1.165, 1.54) is 5.56 Å². The predicted octanol–water partition coefficient (Wildman–Crippen LogP) is 2.09. The summed E-state index contributed by atoms with van der Waals surface area (Å²) in [5.41, 5.74) is 1.17. The van der Waals surface area contributed by atoms with Crippen LogP contribution in [0.25, 0.3) is 0 Å². The summed E-state index contributed by atoms with van der Waals surface area (Å²) in [4.78, 5) is 6.68. The van der Waals surface area contributed by atoms with E-state index in [2.05, 4.69) is 32.7 Å². The minimum Gasteiger partial charge on any atom is -0.491 e. The lowest BCUT2D eigenvalue weighted by atomic mass is 10.2. The fourth-order valence-corrected chi connectivity index (χ4v) is 2.56. The van der Waals surface area contributed by atoms with Crippen LogP contribution in [0.2, 0.25) is 0 Å². The minimum atomic E-state index is 0. The van der Waals surface area contributed by atoms with E-state index in [1.54, 1.807) is 7.05 Å². The van der Waals surface area contributed by atoms with Gasteiger partial charge in [-0.25, -0.2) is 0 Å². The van der Waals surface area contributed by atoms with E-state index in [9.17, 15) is 0 Å². The highest BCUT2D eigenvalue weighted by Crippen LogP contribution is 2.14. The van der Waals surface area contributed by atoms with E-state index in [0.717, 1.165) is 51.1 Å². The number of ether oxygens (including phenoxy) is 2. The standard InChI is InChI=1S/C18H30N4O2.HI/c1-15(2)24-17-6-4-5-16(13-17)14-21-18(19-3)20-7-8-22-9-11-23-12-10-22;/h4-6,13,15H,7-12,14H2,1-3H3,(H2,19,20,21);1H. The quantitative estimate of drug-likeness (QED) is 0.369. The second kappa shape index (κ2) is 12.3. The van der Waals surface area contributed by atoms with Crippen molar-refractivity contribution in [3.05, 3.63) is 29.8 Å². The number of nitrogens with one attached hydrogen (secondary N) is 2. The Hall–Kier alpha value is -1.06. The van der Waals surface area contributed by atoms with Crippen LogP contribution in [0.3, 0.4) is 0 Å². The van der Waals surface area contributed by atoms with E-state index in [0.29, 0.717) is 6.54 Å². The summed E-state index contributed by atoms with van der Waals surface area (Å²) < 4.78 is 11.1. The second-order valence-electron chi connectivity index (χ2n) is 6.12. The maximum absolute atomic E-state index is 5.73. The number of hydrogen-bond donors (Lipinski definition) is 2. The first-order chi connectivity index (χ1) is 11.7. The highest BCUT2D eigenvalue weighted by molar-refractivity contribution is 14.0. The molecule has 2 N–H and O–H groups in total. The number of morpholine rings is 1. The van der Waals surface area contributed by atoms with Crippen molar-refractivity contribution in [1.82, 2.24) is 15.5 Å². The first kappa shape index (κ1) is 22.0. The van der Waals surface area contributed by atoms with Crippen LogP contribution in [0, 0.1) is 0 Å². The number of benzene rings is 1. The maximum atomic E-state index is 5.73. The Bertz CT molecular complexity index is 520. The third-order valence-electron chi connectivity index (χ3n) is 3.78. The molecule has 1 aliphatic heterocycles. The van der Waals surface area contributed by atoms with Gasteiger partial charge in [0.2, 0.25) is 0 Å². The Balaban J connectivity index is 0.00000312. The summed E-state index contributed by atoms with van der Waals surface area (Å²) >= 11 is 0. The van der Waals surface area contributed by atoms with E-state index in [-0.39, 0.29) is 30.1 Å². The van der Waals surface area contributed by atoms with E-state index in [4.69, 9.17) is 9.47 Å². The van der Waals surface area contributed by atoms with Gasteiger partial charge in [-0.3, -0.25) is 9.89 Å². The molecule has 0 amide bonds. The lowest BCUT2D eigenvalue weighted by Crippen LogP contribution is -2.44. The van der Waals surface area contributed by atoms with Gasteiger partial charge >= 0.3 is 0 Å². The molecule has 25 heavy (non-hydrogen) atoms. The van der Waals surface area contributed by atoms with Crippen LogP contribution in [0.1, 0.15) is 19.4 Å². The van der Waals surface area contributed by atoms with Crippen molar-refractivity contribution in [1.29, 1.82) is 0 Å². The second-order valence-corrected chi connectivity index (χ2v) is 6.12. The van der Waals surface area contributed by atoms with Crippen LogP contribution >= 0.6 is 24.0 Å². The van der Waals surface area contributed by atoms with Gasteiger partial charge in [-0.05, 0) is 31.5 Å². The molecule has 0 aliphatic carbocycles. The lowest BCUT2D eigenvalue weighted by Gasteiger charge is -2.26. The van der Waals surface area contributed by atoms with Crippen molar-refractivity contribution >= 4 is 29.9 Å². The number of guanidine groups is 1. The molecule has 1 aromatic carbocycles. The summed E-state index contributed by atoms with van der Waals surface area (Å²) in [5.74, 6) is 1.72. The number of rotatable bonds is 7. The van der Waals surface area contributed by atoms with Gasteiger partial charge in [-0.1, -0.05) is 12.1 Å². The Kier molecular flexibility index (Phi) is 10.8. The highest BCUT2D eigenvalue weighted by atomic mass is 127. The third-order valence-corrected chi connectivity index (χ3v) is 3.78. The molecular weight excluding hydrogens is 431 g/mol. The van der Waals surface area contributed by atoms with E-state index in [1.807, 2.05) is 26.0 Å². The maximum Gasteiger partial charge on any atom is 0.191 e. The molecule has 1 fully saturated rings. The Morgan fingerprint density at radius 1 is 1.28 bits per heavy atom. The minimum absolute atomic E-state index is 0. The molecule has 0 saturated carbocycles. The predicted molar refractivity (Wildman–Crippen MR) is 113 cm³/mol. The number of aliphatic imine (C=N–C) groups is 1. The van der Waals surface area contributed by atoms with Crippen molar-refractivity contribution in [3.8, 4) is 5.75 Å². The molecule has 0 aromatic heterocycles. The monoisotopic (exact) mass is 462 g/mol. The van der Waals surface area contributed by atoms with E-state index < -0.39 is 0 Å². The van der Waals surface area contributed by atoms with Gasteiger partial charge in [-0.15, -0.1) is 24.0 Å². The van der Waals surface area contributed by atoms with Crippen LogP contribution in [0.4, 0.5) is 0 Å². The van der Waals surface area contributed by atoms with Crippen LogP contribution in [0.5, 0.6) is 5.75 Å². The normalized spacial score (nSPS) is 15.6. The summed E-state index contributed by atoms with van der Waals surface area (Å²) in [6.45, 7) is 10.3. The largest absolute Gasteiger partial charge is 0.491 e. The van der Waals surface area contributed by atoms with Gasteiger partial charge in [0.25, 0.3) is 0 Å². The zero-order valence-electron chi connectivity index (χ0n) is 15.5. The van der Waals surface area contributed by atoms with Crippen molar-refractivity contribution in [2.24, 2.45) is 4.99 Å². The van der Waals surface area contributed by atoms with Gasteiger partial charge in [-0.2, -0.15) is 0 Å². The first-order valence-corrected chi connectivity index (χ1v) is 8.67. The van der Waals surface area contributed by atoms with Gasteiger partial charge in [0.15, 0.2) is 5.96 Å². The lowest BCUT2D eigenvalue weighted by molar-refractivity contribution is 0.0389. The number of nitrogens with zero attached hydrogens (tertiary/aromatic N) is 2. The molecule has 0 radical (unpaired) electrons. The molecule has 1 heterocycles. The van der Waals surface area contributed by atoms with Crippen molar-refractivity contribution < 1.29 is 9.47 Å². The molecule has 0 spiro atoms. The Morgan fingerprint density at radius 2 is 2.04 bits per heavy atom. The molecular formula is C18H31IN4O2. The molecule has 1 aliphatic rings. The molecule has 0 bridgehead atoms. The highest BCUT2D eigenvalue weighted by Gasteiger charge is 2.09. The zero-order valence-corrected chi connectivity index (χ0v) is 17.8. The van der Waals surface area contributed by atoms with Gasteiger partial charge < -0.3 is 20.1 Å². The fraction of sp³-hybridized carbons (Fsp3) is 0.611. The average Bonchev–Trinajstić information content (AvgIpc) is 2.58. The van der Waals surface area contributed by atoms with Crippen LogP contribution < -0.4 is 15.4 Å². The summed E-state index contributed by atoms with van der Waals surface area (Å²) in [6, 6.07) is 8.15. The van der Waals surface area contributed by atoms with Crippen molar-refractivity contribution in [2.45, 2.75) is 26.5 Å². The summed E-state index contributed by atoms with van der Waals surface area (Å²) in [5, 5.41) is 6.70. The molecule has 6 nitrogen and oxygen atoms in total.